The average molecular weight is 473 g/mol. The molecule has 0 saturated carbocycles. The number of hydrogen-bond donors (Lipinski definition) is 2. The Morgan fingerprint density at radius 2 is 2.00 bits per heavy atom. The van der Waals surface area contributed by atoms with Crippen molar-refractivity contribution in [3.8, 4) is 5.75 Å². The van der Waals surface area contributed by atoms with Gasteiger partial charge < -0.3 is 15.4 Å². The Bertz CT molecular complexity index is 1110. The van der Waals surface area contributed by atoms with Gasteiger partial charge >= 0.3 is 0 Å². The van der Waals surface area contributed by atoms with Crippen LogP contribution in [0.2, 0.25) is 5.02 Å². The van der Waals surface area contributed by atoms with Crippen molar-refractivity contribution in [1.29, 1.82) is 0 Å². The molecular formula is C25H30ClFN4O2. The van der Waals surface area contributed by atoms with Crippen molar-refractivity contribution in [3.63, 3.8) is 0 Å². The first kappa shape index (κ1) is 24.7. The monoisotopic (exact) mass is 472 g/mol. The van der Waals surface area contributed by atoms with E-state index in [1.807, 2.05) is 26.0 Å². The number of carbonyl (C=O) groups is 1. The van der Waals surface area contributed by atoms with Gasteiger partial charge in [-0.15, -0.1) is 0 Å². The maximum atomic E-state index is 14.5. The van der Waals surface area contributed by atoms with Crippen LogP contribution in [-0.4, -0.2) is 28.8 Å². The molecule has 0 radical (unpaired) electrons. The lowest BCUT2D eigenvalue weighted by molar-refractivity contribution is 0.102. The van der Waals surface area contributed by atoms with Crippen LogP contribution < -0.4 is 15.4 Å². The molecule has 3 aromatic rings. The van der Waals surface area contributed by atoms with Crippen LogP contribution in [0.25, 0.3) is 0 Å². The standard InChI is InChI=1S/C25H30ClFN4O2/c1-5-28-13-18-6-8-21(22(27)11-18)25(32)29-24-10-17(4)31(30-24)14-19-12-20(26)7-9-23(19)33-15-16(2)3/h6-12,16,28H,5,13-15H2,1-4H3,(H,29,30,32). The Hall–Kier alpha value is -2.90. The van der Waals surface area contributed by atoms with Crippen molar-refractivity contribution in [2.45, 2.75) is 40.8 Å². The molecule has 0 unspecified atom stereocenters. The molecule has 0 fully saturated rings. The predicted molar refractivity (Wildman–Crippen MR) is 130 cm³/mol. The molecule has 0 saturated heterocycles. The third kappa shape index (κ3) is 6.79. The molecular weight excluding hydrogens is 443 g/mol. The number of aromatic nitrogens is 2. The summed E-state index contributed by atoms with van der Waals surface area (Å²) in [5, 5.41) is 10.9. The lowest BCUT2D eigenvalue weighted by atomic mass is 10.1. The fourth-order valence-corrected chi connectivity index (χ4v) is 3.46. The zero-order valence-electron chi connectivity index (χ0n) is 19.4. The minimum absolute atomic E-state index is 0.0262. The Morgan fingerprint density at radius 3 is 2.70 bits per heavy atom. The van der Waals surface area contributed by atoms with E-state index in [1.54, 1.807) is 22.9 Å². The summed E-state index contributed by atoms with van der Waals surface area (Å²) in [4.78, 5) is 12.6. The van der Waals surface area contributed by atoms with E-state index in [9.17, 15) is 9.18 Å². The Morgan fingerprint density at radius 1 is 1.21 bits per heavy atom. The minimum Gasteiger partial charge on any atom is -0.493 e. The van der Waals surface area contributed by atoms with Gasteiger partial charge in [-0.1, -0.05) is 38.4 Å². The summed E-state index contributed by atoms with van der Waals surface area (Å²) >= 11 is 6.20. The van der Waals surface area contributed by atoms with Crippen molar-refractivity contribution in [2.75, 3.05) is 18.5 Å². The van der Waals surface area contributed by atoms with Gasteiger partial charge in [0.15, 0.2) is 5.82 Å². The van der Waals surface area contributed by atoms with E-state index >= 15 is 0 Å². The Balaban J connectivity index is 1.74. The Labute approximate surface area is 199 Å². The second kappa shape index (κ2) is 11.3. The summed E-state index contributed by atoms with van der Waals surface area (Å²) in [6, 6.07) is 11.8. The fourth-order valence-electron chi connectivity index (χ4n) is 3.27. The van der Waals surface area contributed by atoms with Crippen molar-refractivity contribution in [1.82, 2.24) is 15.1 Å². The molecule has 0 bridgehead atoms. The number of nitrogens with zero attached hydrogens (tertiary/aromatic N) is 2. The molecule has 0 aliphatic heterocycles. The Kier molecular flexibility index (Phi) is 8.47. The highest BCUT2D eigenvalue weighted by molar-refractivity contribution is 6.30. The SMILES string of the molecule is CCNCc1ccc(C(=O)Nc2cc(C)n(Cc3cc(Cl)ccc3OCC(C)C)n2)c(F)c1. The molecule has 1 heterocycles. The summed E-state index contributed by atoms with van der Waals surface area (Å²) < 4.78 is 22.1. The molecule has 8 heteroatoms. The van der Waals surface area contributed by atoms with Gasteiger partial charge in [0.05, 0.1) is 18.7 Å². The number of hydrogen-bond acceptors (Lipinski definition) is 4. The van der Waals surface area contributed by atoms with Crippen LogP contribution in [0.5, 0.6) is 5.75 Å². The largest absolute Gasteiger partial charge is 0.493 e. The fraction of sp³-hybridized carbons (Fsp3) is 0.360. The van der Waals surface area contributed by atoms with Gasteiger partial charge in [-0.3, -0.25) is 9.48 Å². The van der Waals surface area contributed by atoms with Gasteiger partial charge in [-0.25, -0.2) is 4.39 Å². The number of amides is 1. The van der Waals surface area contributed by atoms with Crippen LogP contribution in [0, 0.1) is 18.7 Å². The van der Waals surface area contributed by atoms with E-state index in [2.05, 4.69) is 29.6 Å². The average Bonchev–Trinajstić information content (AvgIpc) is 3.09. The predicted octanol–water partition coefficient (Wildman–Crippen LogP) is 5.43. The van der Waals surface area contributed by atoms with E-state index in [0.717, 1.165) is 29.1 Å². The van der Waals surface area contributed by atoms with Crippen LogP contribution >= 0.6 is 11.6 Å². The molecule has 1 amide bonds. The number of carbonyl (C=O) groups excluding carboxylic acids is 1. The molecule has 0 aliphatic carbocycles. The van der Waals surface area contributed by atoms with Crippen molar-refractivity contribution in [3.05, 3.63) is 75.7 Å². The summed E-state index contributed by atoms with van der Waals surface area (Å²) in [6.45, 7) is 10.4. The van der Waals surface area contributed by atoms with Gasteiger partial charge in [0.1, 0.15) is 11.6 Å². The summed E-state index contributed by atoms with van der Waals surface area (Å²) in [5.41, 5.74) is 2.47. The number of nitrogens with one attached hydrogen (secondary N) is 2. The number of ether oxygens (including phenoxy) is 1. The minimum atomic E-state index is -0.565. The van der Waals surface area contributed by atoms with E-state index < -0.39 is 11.7 Å². The first-order valence-electron chi connectivity index (χ1n) is 11.0. The number of anilines is 1. The smallest absolute Gasteiger partial charge is 0.259 e. The lowest BCUT2D eigenvalue weighted by Crippen LogP contribution is -2.16. The summed E-state index contributed by atoms with van der Waals surface area (Å²) in [6.07, 6.45) is 0. The van der Waals surface area contributed by atoms with Crippen LogP contribution in [0.4, 0.5) is 10.2 Å². The van der Waals surface area contributed by atoms with Gasteiger partial charge in [0, 0.05) is 28.9 Å². The zero-order valence-corrected chi connectivity index (χ0v) is 20.2. The lowest BCUT2D eigenvalue weighted by Gasteiger charge is -2.14. The number of rotatable bonds is 10. The third-order valence-electron chi connectivity index (χ3n) is 4.99. The van der Waals surface area contributed by atoms with Crippen molar-refractivity contribution in [2.24, 2.45) is 5.92 Å². The first-order valence-corrected chi connectivity index (χ1v) is 11.4. The van der Waals surface area contributed by atoms with Gasteiger partial charge in [-0.2, -0.15) is 5.10 Å². The highest BCUT2D eigenvalue weighted by Gasteiger charge is 2.16. The molecule has 0 aliphatic rings. The maximum absolute atomic E-state index is 14.5. The molecule has 0 spiro atoms. The van der Waals surface area contributed by atoms with E-state index in [-0.39, 0.29) is 5.56 Å². The van der Waals surface area contributed by atoms with Crippen LogP contribution in [-0.2, 0) is 13.1 Å². The van der Waals surface area contributed by atoms with Crippen molar-refractivity contribution < 1.29 is 13.9 Å². The molecule has 2 aromatic carbocycles. The second-order valence-corrected chi connectivity index (χ2v) is 8.77. The second-order valence-electron chi connectivity index (χ2n) is 8.33. The van der Waals surface area contributed by atoms with Crippen molar-refractivity contribution >= 4 is 23.3 Å². The highest BCUT2D eigenvalue weighted by atomic mass is 35.5. The van der Waals surface area contributed by atoms with Gasteiger partial charge in [-0.05, 0) is 55.3 Å². The molecule has 0 atom stereocenters. The van der Waals surface area contributed by atoms with E-state index in [1.165, 1.54) is 12.1 Å². The first-order chi connectivity index (χ1) is 15.8. The number of aryl methyl sites for hydroxylation is 1. The molecule has 176 valence electrons. The maximum Gasteiger partial charge on any atom is 0.259 e. The van der Waals surface area contributed by atoms with Crippen LogP contribution in [0.15, 0.2) is 42.5 Å². The van der Waals surface area contributed by atoms with Crippen LogP contribution in [0.3, 0.4) is 0 Å². The molecule has 33 heavy (non-hydrogen) atoms. The molecule has 1 aromatic heterocycles. The van der Waals surface area contributed by atoms with E-state index in [4.69, 9.17) is 16.3 Å². The zero-order chi connectivity index (χ0) is 24.0. The van der Waals surface area contributed by atoms with Gasteiger partial charge in [0.25, 0.3) is 5.91 Å². The molecule has 3 rings (SSSR count). The quantitative estimate of drug-likeness (QED) is 0.413. The molecule has 6 nitrogen and oxygen atoms in total. The molecule has 2 N–H and O–H groups in total. The highest BCUT2D eigenvalue weighted by Crippen LogP contribution is 2.25. The number of benzene rings is 2. The number of halogens is 2. The third-order valence-corrected chi connectivity index (χ3v) is 5.23. The summed E-state index contributed by atoms with van der Waals surface area (Å²) in [7, 11) is 0. The van der Waals surface area contributed by atoms with E-state index in [0.29, 0.717) is 36.5 Å². The summed E-state index contributed by atoms with van der Waals surface area (Å²) in [5.74, 6) is 0.369. The topological polar surface area (TPSA) is 68.2 Å². The van der Waals surface area contributed by atoms with Crippen LogP contribution in [0.1, 0.15) is 48.0 Å². The van der Waals surface area contributed by atoms with Gasteiger partial charge in [0.2, 0.25) is 0 Å². The normalized spacial score (nSPS) is 11.1.